The Kier molecular flexibility index (Phi) is 4.35. The lowest BCUT2D eigenvalue weighted by molar-refractivity contribution is 0.108. The first-order valence-electron chi connectivity index (χ1n) is 6.92. The monoisotopic (exact) mass is 343 g/mol. The average Bonchev–Trinajstić information content (AvgIpc) is 2.18. The second-order valence-electron chi connectivity index (χ2n) is 7.13. The van der Waals surface area contributed by atoms with Crippen molar-refractivity contribution in [3.05, 3.63) is 33.3 Å². The molecule has 0 bridgehead atoms. The minimum atomic E-state index is -0.126. The number of nitrogens with two attached hydrogens (primary N) is 1. The van der Waals surface area contributed by atoms with E-state index in [9.17, 15) is 0 Å². The van der Waals surface area contributed by atoms with Gasteiger partial charge in [-0.1, -0.05) is 54.4 Å². The van der Waals surface area contributed by atoms with Crippen LogP contribution in [0.25, 0.3) is 0 Å². The molecule has 2 atom stereocenters. The smallest absolute Gasteiger partial charge is 0.0449 e. The van der Waals surface area contributed by atoms with Gasteiger partial charge in [-0.15, -0.1) is 0 Å². The van der Waals surface area contributed by atoms with E-state index in [1.54, 1.807) is 0 Å². The van der Waals surface area contributed by atoms with Crippen molar-refractivity contribution in [3.8, 4) is 0 Å². The van der Waals surface area contributed by atoms with Crippen LogP contribution in [0.1, 0.15) is 45.6 Å². The predicted molar refractivity (Wildman–Crippen MR) is 86.6 cm³/mol. The Hall–Kier alpha value is -0.0500. The molecular weight excluding hydrogens is 322 g/mol. The SMILES string of the molecule is CC1CC(C)(C)CC(N)(Cc2ccc(Br)cc2Cl)C1. The van der Waals surface area contributed by atoms with E-state index in [-0.39, 0.29) is 5.54 Å². The van der Waals surface area contributed by atoms with Gasteiger partial charge in [0, 0.05) is 15.0 Å². The van der Waals surface area contributed by atoms with Gasteiger partial charge < -0.3 is 5.73 Å². The van der Waals surface area contributed by atoms with E-state index >= 15 is 0 Å². The highest BCUT2D eigenvalue weighted by Gasteiger charge is 2.40. The molecular formula is C16H23BrClN. The van der Waals surface area contributed by atoms with Crippen LogP contribution in [0.4, 0.5) is 0 Å². The Morgan fingerprint density at radius 1 is 1.37 bits per heavy atom. The molecule has 0 radical (unpaired) electrons. The fraction of sp³-hybridized carbons (Fsp3) is 0.625. The molecule has 3 heteroatoms. The Labute approximate surface area is 130 Å². The maximum atomic E-state index is 6.69. The predicted octanol–water partition coefficient (Wildman–Crippen LogP) is 5.19. The van der Waals surface area contributed by atoms with Crippen LogP contribution in [0.2, 0.25) is 5.02 Å². The third kappa shape index (κ3) is 3.96. The summed E-state index contributed by atoms with van der Waals surface area (Å²) in [4.78, 5) is 0. The molecule has 0 aromatic heterocycles. The molecule has 19 heavy (non-hydrogen) atoms. The minimum Gasteiger partial charge on any atom is -0.325 e. The molecule has 106 valence electrons. The van der Waals surface area contributed by atoms with Crippen molar-refractivity contribution < 1.29 is 0 Å². The molecule has 1 aliphatic carbocycles. The number of halogens is 2. The van der Waals surface area contributed by atoms with Gasteiger partial charge >= 0.3 is 0 Å². The van der Waals surface area contributed by atoms with Crippen molar-refractivity contribution >= 4 is 27.5 Å². The van der Waals surface area contributed by atoms with Crippen LogP contribution < -0.4 is 5.73 Å². The van der Waals surface area contributed by atoms with E-state index in [1.165, 1.54) is 6.42 Å². The molecule has 1 saturated carbocycles. The molecule has 0 spiro atoms. The van der Waals surface area contributed by atoms with Crippen LogP contribution in [-0.4, -0.2) is 5.54 Å². The largest absolute Gasteiger partial charge is 0.325 e. The molecule has 1 nitrogen and oxygen atoms in total. The zero-order chi connectivity index (χ0) is 14.3. The number of rotatable bonds is 2. The lowest BCUT2D eigenvalue weighted by Crippen LogP contribution is -2.50. The van der Waals surface area contributed by atoms with Gasteiger partial charge in [0.25, 0.3) is 0 Å². The van der Waals surface area contributed by atoms with Crippen molar-refractivity contribution in [1.82, 2.24) is 0 Å². The fourth-order valence-corrected chi connectivity index (χ4v) is 4.73. The first-order valence-corrected chi connectivity index (χ1v) is 8.09. The molecule has 2 N–H and O–H groups in total. The zero-order valence-corrected chi connectivity index (χ0v) is 14.3. The molecule has 2 rings (SSSR count). The standard InChI is InChI=1S/C16H23BrClN/c1-11-7-15(2,3)10-16(19,8-11)9-12-4-5-13(17)6-14(12)18/h4-6,11H,7-10,19H2,1-3H3. The number of benzene rings is 1. The van der Waals surface area contributed by atoms with Gasteiger partial charge in [-0.2, -0.15) is 0 Å². The van der Waals surface area contributed by atoms with Crippen LogP contribution in [0.3, 0.4) is 0 Å². The highest BCUT2D eigenvalue weighted by molar-refractivity contribution is 9.10. The van der Waals surface area contributed by atoms with E-state index in [4.69, 9.17) is 17.3 Å². The Morgan fingerprint density at radius 3 is 2.63 bits per heavy atom. The molecule has 0 heterocycles. The summed E-state index contributed by atoms with van der Waals surface area (Å²) in [6, 6.07) is 6.09. The van der Waals surface area contributed by atoms with Crippen LogP contribution in [-0.2, 0) is 6.42 Å². The van der Waals surface area contributed by atoms with Crippen LogP contribution in [0.5, 0.6) is 0 Å². The summed E-state index contributed by atoms with van der Waals surface area (Å²) in [6.45, 7) is 6.96. The van der Waals surface area contributed by atoms with Gasteiger partial charge in [0.05, 0.1) is 0 Å². The van der Waals surface area contributed by atoms with Crippen LogP contribution in [0, 0.1) is 11.3 Å². The second-order valence-corrected chi connectivity index (χ2v) is 8.45. The lowest BCUT2D eigenvalue weighted by Gasteiger charge is -2.46. The summed E-state index contributed by atoms with van der Waals surface area (Å²) in [6.07, 6.45) is 4.28. The van der Waals surface area contributed by atoms with E-state index < -0.39 is 0 Å². The van der Waals surface area contributed by atoms with Crippen molar-refractivity contribution in [2.75, 3.05) is 0 Å². The summed E-state index contributed by atoms with van der Waals surface area (Å²) in [5.74, 6) is 0.683. The highest BCUT2D eigenvalue weighted by atomic mass is 79.9. The zero-order valence-electron chi connectivity index (χ0n) is 12.0. The van der Waals surface area contributed by atoms with E-state index in [2.05, 4.69) is 42.8 Å². The van der Waals surface area contributed by atoms with Gasteiger partial charge in [-0.3, -0.25) is 0 Å². The van der Waals surface area contributed by atoms with Gasteiger partial charge in [0.1, 0.15) is 0 Å². The molecule has 1 aliphatic rings. The van der Waals surface area contributed by atoms with Crippen LogP contribution in [0.15, 0.2) is 22.7 Å². The minimum absolute atomic E-state index is 0.126. The Balaban J connectivity index is 2.21. The fourth-order valence-electron chi connectivity index (χ4n) is 3.99. The molecule has 1 aromatic carbocycles. The molecule has 0 saturated heterocycles. The maximum absolute atomic E-state index is 6.69. The molecule has 0 aliphatic heterocycles. The van der Waals surface area contributed by atoms with Crippen molar-refractivity contribution in [3.63, 3.8) is 0 Å². The summed E-state index contributed by atoms with van der Waals surface area (Å²) in [5, 5.41) is 0.815. The lowest BCUT2D eigenvalue weighted by atomic mass is 9.63. The topological polar surface area (TPSA) is 26.0 Å². The summed E-state index contributed by atoms with van der Waals surface area (Å²) in [7, 11) is 0. The van der Waals surface area contributed by atoms with E-state index in [0.717, 1.165) is 34.3 Å². The summed E-state index contributed by atoms with van der Waals surface area (Å²) < 4.78 is 1.02. The maximum Gasteiger partial charge on any atom is 0.0449 e. The van der Waals surface area contributed by atoms with E-state index in [1.807, 2.05) is 12.1 Å². The third-order valence-corrected chi connectivity index (χ3v) is 4.89. The van der Waals surface area contributed by atoms with Crippen molar-refractivity contribution in [2.24, 2.45) is 17.1 Å². The Morgan fingerprint density at radius 2 is 2.05 bits per heavy atom. The first kappa shape index (κ1) is 15.3. The Bertz CT molecular complexity index is 472. The van der Waals surface area contributed by atoms with Crippen LogP contribution >= 0.6 is 27.5 Å². The van der Waals surface area contributed by atoms with Crippen molar-refractivity contribution in [2.45, 2.75) is 52.0 Å². The van der Waals surface area contributed by atoms with Gasteiger partial charge in [0.15, 0.2) is 0 Å². The molecule has 0 amide bonds. The third-order valence-electron chi connectivity index (χ3n) is 4.04. The quantitative estimate of drug-likeness (QED) is 0.785. The highest BCUT2D eigenvalue weighted by Crippen LogP contribution is 2.44. The van der Waals surface area contributed by atoms with E-state index in [0.29, 0.717) is 11.3 Å². The number of hydrogen-bond donors (Lipinski definition) is 1. The number of hydrogen-bond acceptors (Lipinski definition) is 1. The molecule has 1 fully saturated rings. The van der Waals surface area contributed by atoms with Gasteiger partial charge in [0.2, 0.25) is 0 Å². The normalized spacial score (nSPS) is 30.3. The molecule has 2 unspecified atom stereocenters. The van der Waals surface area contributed by atoms with Gasteiger partial charge in [-0.05, 0) is 54.7 Å². The first-order chi connectivity index (χ1) is 8.69. The van der Waals surface area contributed by atoms with Crippen molar-refractivity contribution in [1.29, 1.82) is 0 Å². The molecule has 1 aromatic rings. The summed E-state index contributed by atoms with van der Waals surface area (Å²) in [5.41, 5.74) is 8.06. The van der Waals surface area contributed by atoms with Gasteiger partial charge in [-0.25, -0.2) is 0 Å². The summed E-state index contributed by atoms with van der Waals surface area (Å²) >= 11 is 9.78. The second kappa shape index (κ2) is 5.38. The average molecular weight is 345 g/mol.